The molecular formula is C20H22F3N3O2. The Morgan fingerprint density at radius 3 is 2.29 bits per heavy atom. The zero-order valence-electron chi connectivity index (χ0n) is 15.8. The van der Waals surface area contributed by atoms with Crippen LogP contribution in [0.25, 0.3) is 0 Å². The van der Waals surface area contributed by atoms with E-state index >= 15 is 0 Å². The highest BCUT2D eigenvalue weighted by Crippen LogP contribution is 2.29. The Balaban J connectivity index is 1.97. The number of anilines is 1. The Hall–Kier alpha value is -2.90. The van der Waals surface area contributed by atoms with Crippen LogP contribution in [0.4, 0.5) is 23.7 Å². The fraction of sp³-hybridized carbons (Fsp3) is 0.350. The number of carbonyl (C=O) groups is 2. The van der Waals surface area contributed by atoms with Gasteiger partial charge in [-0.25, -0.2) is 4.79 Å². The van der Waals surface area contributed by atoms with Crippen LogP contribution in [0.5, 0.6) is 0 Å². The summed E-state index contributed by atoms with van der Waals surface area (Å²) in [6.07, 6.45) is -2.63. The van der Waals surface area contributed by atoms with E-state index in [1.165, 1.54) is 12.1 Å². The van der Waals surface area contributed by atoms with E-state index in [0.717, 1.165) is 17.7 Å². The summed E-state index contributed by atoms with van der Waals surface area (Å²) < 4.78 is 37.7. The number of nitrogens with zero attached hydrogens (tertiary/aromatic N) is 1. The van der Waals surface area contributed by atoms with Gasteiger partial charge in [-0.1, -0.05) is 13.8 Å². The zero-order valence-corrected chi connectivity index (χ0v) is 15.8. The second-order valence-electron chi connectivity index (χ2n) is 6.77. The molecule has 0 saturated heterocycles. The monoisotopic (exact) mass is 393 g/mol. The Kier molecular flexibility index (Phi) is 6.77. The van der Waals surface area contributed by atoms with Crippen molar-refractivity contribution >= 4 is 17.5 Å². The number of benzene rings is 1. The van der Waals surface area contributed by atoms with Gasteiger partial charge in [0.1, 0.15) is 5.78 Å². The van der Waals surface area contributed by atoms with E-state index in [9.17, 15) is 22.8 Å². The van der Waals surface area contributed by atoms with Crippen molar-refractivity contribution in [3.8, 4) is 0 Å². The molecule has 0 fully saturated rings. The molecule has 2 rings (SSSR count). The van der Waals surface area contributed by atoms with Gasteiger partial charge in [0.25, 0.3) is 0 Å². The number of amides is 2. The minimum atomic E-state index is -4.43. The van der Waals surface area contributed by atoms with Gasteiger partial charge in [-0.05, 0) is 48.9 Å². The maximum Gasteiger partial charge on any atom is 0.416 e. The number of hydrogen-bond donors (Lipinski definition) is 2. The molecule has 1 atom stereocenters. The molecule has 1 aromatic heterocycles. The van der Waals surface area contributed by atoms with Crippen LogP contribution in [0.2, 0.25) is 0 Å². The Morgan fingerprint density at radius 2 is 1.71 bits per heavy atom. The van der Waals surface area contributed by atoms with E-state index in [4.69, 9.17) is 0 Å². The molecule has 2 aromatic rings. The van der Waals surface area contributed by atoms with Gasteiger partial charge in [-0.15, -0.1) is 0 Å². The van der Waals surface area contributed by atoms with Gasteiger partial charge in [0, 0.05) is 29.9 Å². The molecule has 0 bridgehead atoms. The fourth-order valence-corrected chi connectivity index (χ4v) is 2.44. The average Bonchev–Trinajstić information content (AvgIpc) is 2.61. The van der Waals surface area contributed by atoms with E-state index in [2.05, 4.69) is 15.6 Å². The van der Waals surface area contributed by atoms with Crippen molar-refractivity contribution in [1.82, 2.24) is 10.3 Å². The first-order chi connectivity index (χ1) is 13.1. The number of aromatic nitrogens is 1. The molecule has 1 aromatic carbocycles. The lowest BCUT2D eigenvalue weighted by Crippen LogP contribution is -2.31. The summed E-state index contributed by atoms with van der Waals surface area (Å²) in [7, 11) is 0. The molecule has 0 aliphatic carbocycles. The minimum Gasteiger partial charge on any atom is -0.331 e. The van der Waals surface area contributed by atoms with Crippen LogP contribution >= 0.6 is 0 Å². The van der Waals surface area contributed by atoms with Crippen molar-refractivity contribution in [2.45, 2.75) is 39.4 Å². The molecule has 1 unspecified atom stereocenters. The highest BCUT2D eigenvalue weighted by molar-refractivity contribution is 5.89. The average molecular weight is 393 g/mol. The van der Waals surface area contributed by atoms with Crippen molar-refractivity contribution in [1.29, 1.82) is 0 Å². The SMILES string of the molecule is CC(C)C(=O)Cc1cc(C(C)NC(=O)Nc2ccc(C(F)(F)F)cc2)ccn1. The van der Waals surface area contributed by atoms with Gasteiger partial charge < -0.3 is 10.6 Å². The molecule has 0 radical (unpaired) electrons. The third kappa shape index (κ3) is 6.07. The van der Waals surface area contributed by atoms with Crippen LogP contribution in [0.1, 0.15) is 43.6 Å². The number of Topliss-reactive ketones (excluding diaryl/α,β-unsaturated/α-hetero) is 1. The number of pyridine rings is 1. The molecule has 0 saturated carbocycles. The predicted octanol–water partition coefficient (Wildman–Crippen LogP) is 4.75. The standard InChI is InChI=1S/C20H22F3N3O2/c1-12(2)18(27)11-17-10-14(8-9-24-17)13(3)25-19(28)26-16-6-4-15(5-7-16)20(21,22)23/h4-10,12-13H,11H2,1-3H3,(H2,25,26,28). The lowest BCUT2D eigenvalue weighted by Gasteiger charge is -2.16. The van der Waals surface area contributed by atoms with Crippen molar-refractivity contribution in [2.24, 2.45) is 5.92 Å². The van der Waals surface area contributed by atoms with Crippen LogP contribution in [0.3, 0.4) is 0 Å². The highest BCUT2D eigenvalue weighted by Gasteiger charge is 2.30. The normalized spacial score (nSPS) is 12.5. The predicted molar refractivity (Wildman–Crippen MR) is 99.8 cm³/mol. The molecule has 0 spiro atoms. The van der Waals surface area contributed by atoms with E-state index < -0.39 is 17.8 Å². The molecule has 5 nitrogen and oxygen atoms in total. The van der Waals surface area contributed by atoms with Crippen LogP contribution in [-0.2, 0) is 17.4 Å². The van der Waals surface area contributed by atoms with E-state index in [0.29, 0.717) is 5.69 Å². The third-order valence-electron chi connectivity index (χ3n) is 4.16. The molecule has 8 heteroatoms. The number of rotatable bonds is 6. The molecule has 2 amide bonds. The molecule has 2 N–H and O–H groups in total. The topological polar surface area (TPSA) is 71.1 Å². The summed E-state index contributed by atoms with van der Waals surface area (Å²) in [6.45, 7) is 5.40. The van der Waals surface area contributed by atoms with E-state index in [1.807, 2.05) is 13.8 Å². The number of ketones is 1. The lowest BCUT2D eigenvalue weighted by atomic mass is 10.0. The van der Waals surface area contributed by atoms with Crippen molar-refractivity contribution in [2.75, 3.05) is 5.32 Å². The van der Waals surface area contributed by atoms with Crippen molar-refractivity contribution in [3.05, 3.63) is 59.4 Å². The van der Waals surface area contributed by atoms with Crippen LogP contribution < -0.4 is 10.6 Å². The maximum atomic E-state index is 12.6. The number of halogens is 3. The lowest BCUT2D eigenvalue weighted by molar-refractivity contribution is -0.137. The van der Waals surface area contributed by atoms with Gasteiger partial charge in [-0.2, -0.15) is 13.2 Å². The van der Waals surface area contributed by atoms with E-state index in [1.54, 1.807) is 25.3 Å². The molecule has 28 heavy (non-hydrogen) atoms. The second-order valence-corrected chi connectivity index (χ2v) is 6.77. The number of carbonyl (C=O) groups excluding carboxylic acids is 2. The Labute approximate surface area is 161 Å². The largest absolute Gasteiger partial charge is 0.416 e. The first kappa shape index (κ1) is 21.4. The zero-order chi connectivity index (χ0) is 20.9. The van der Waals surface area contributed by atoms with Crippen LogP contribution in [0.15, 0.2) is 42.6 Å². The highest BCUT2D eigenvalue weighted by atomic mass is 19.4. The van der Waals surface area contributed by atoms with Gasteiger partial charge in [0.05, 0.1) is 11.6 Å². The van der Waals surface area contributed by atoms with Gasteiger partial charge in [-0.3, -0.25) is 9.78 Å². The summed E-state index contributed by atoms with van der Waals surface area (Å²) in [5.41, 5.74) is 0.847. The fourth-order valence-electron chi connectivity index (χ4n) is 2.44. The molecule has 0 aliphatic rings. The van der Waals surface area contributed by atoms with E-state index in [-0.39, 0.29) is 29.9 Å². The Bertz CT molecular complexity index is 833. The summed E-state index contributed by atoms with van der Waals surface area (Å²) >= 11 is 0. The first-order valence-corrected chi connectivity index (χ1v) is 8.78. The van der Waals surface area contributed by atoms with Gasteiger partial charge in [0.2, 0.25) is 0 Å². The number of urea groups is 1. The van der Waals surface area contributed by atoms with Crippen molar-refractivity contribution < 1.29 is 22.8 Å². The number of nitrogens with one attached hydrogen (secondary N) is 2. The third-order valence-corrected chi connectivity index (χ3v) is 4.16. The summed E-state index contributed by atoms with van der Waals surface area (Å²) in [5.74, 6) is -0.0131. The first-order valence-electron chi connectivity index (χ1n) is 8.78. The second kappa shape index (κ2) is 8.86. The molecule has 1 heterocycles. The summed E-state index contributed by atoms with van der Waals surface area (Å²) in [4.78, 5) is 28.2. The van der Waals surface area contributed by atoms with Crippen LogP contribution in [-0.4, -0.2) is 16.8 Å². The summed E-state index contributed by atoms with van der Waals surface area (Å²) in [5, 5.41) is 5.20. The van der Waals surface area contributed by atoms with Gasteiger partial charge in [0.15, 0.2) is 0 Å². The van der Waals surface area contributed by atoms with Crippen LogP contribution in [0, 0.1) is 5.92 Å². The smallest absolute Gasteiger partial charge is 0.331 e. The number of alkyl halides is 3. The Morgan fingerprint density at radius 1 is 1.07 bits per heavy atom. The number of hydrogen-bond acceptors (Lipinski definition) is 3. The van der Waals surface area contributed by atoms with Crippen molar-refractivity contribution in [3.63, 3.8) is 0 Å². The maximum absolute atomic E-state index is 12.6. The van der Waals surface area contributed by atoms with Gasteiger partial charge >= 0.3 is 12.2 Å². The molecular weight excluding hydrogens is 371 g/mol. The molecule has 150 valence electrons. The summed E-state index contributed by atoms with van der Waals surface area (Å²) in [6, 6.07) is 6.73. The quantitative estimate of drug-likeness (QED) is 0.744. The minimum absolute atomic E-state index is 0.0744. The molecule has 0 aliphatic heterocycles.